The summed E-state index contributed by atoms with van der Waals surface area (Å²) >= 11 is 4.64. The third kappa shape index (κ3) is 5.50. The molecule has 0 aliphatic heterocycles. The first-order valence-electron chi connectivity index (χ1n) is 7.81. The summed E-state index contributed by atoms with van der Waals surface area (Å²) < 4.78 is 5.65. The molecular formula is C19H14BrN3O3S. The summed E-state index contributed by atoms with van der Waals surface area (Å²) in [5.74, 6) is -0.914. The van der Waals surface area contributed by atoms with Crippen molar-refractivity contribution in [2.75, 3.05) is 0 Å². The summed E-state index contributed by atoms with van der Waals surface area (Å²) in [7, 11) is 0. The molecule has 0 saturated carbocycles. The number of amides is 2. The number of benzene rings is 1. The van der Waals surface area contributed by atoms with Crippen LogP contribution in [0, 0.1) is 0 Å². The highest BCUT2D eigenvalue weighted by Gasteiger charge is 2.14. The highest BCUT2D eigenvalue weighted by atomic mass is 79.9. The monoisotopic (exact) mass is 443 g/mol. The van der Waals surface area contributed by atoms with Crippen molar-refractivity contribution in [2.24, 2.45) is 5.10 Å². The highest BCUT2D eigenvalue weighted by molar-refractivity contribution is 9.10. The van der Waals surface area contributed by atoms with Crippen molar-refractivity contribution in [1.29, 1.82) is 0 Å². The Morgan fingerprint density at radius 1 is 1.15 bits per heavy atom. The van der Waals surface area contributed by atoms with Crippen LogP contribution in [0.5, 0.6) is 0 Å². The van der Waals surface area contributed by atoms with Crippen molar-refractivity contribution in [1.82, 2.24) is 10.7 Å². The van der Waals surface area contributed by atoms with Gasteiger partial charge in [0.05, 0.1) is 6.21 Å². The number of furan rings is 1. The molecule has 3 rings (SSSR count). The molecule has 2 heterocycles. The number of rotatable bonds is 6. The molecule has 6 nitrogen and oxygen atoms in total. The minimum atomic E-state index is -0.536. The summed E-state index contributed by atoms with van der Waals surface area (Å²) in [5, 5.41) is 8.42. The fourth-order valence-corrected chi connectivity index (χ4v) is 3.09. The van der Waals surface area contributed by atoms with Crippen molar-refractivity contribution in [3.05, 3.63) is 86.5 Å². The molecule has 0 saturated heterocycles. The van der Waals surface area contributed by atoms with Crippen LogP contribution in [0.15, 0.2) is 80.1 Å². The summed E-state index contributed by atoms with van der Waals surface area (Å²) in [5.41, 5.74) is 3.63. The van der Waals surface area contributed by atoms with Crippen LogP contribution in [0.1, 0.15) is 20.8 Å². The van der Waals surface area contributed by atoms with E-state index in [-0.39, 0.29) is 11.6 Å². The van der Waals surface area contributed by atoms with Crippen LogP contribution in [0.25, 0.3) is 6.08 Å². The predicted molar refractivity (Wildman–Crippen MR) is 108 cm³/mol. The highest BCUT2D eigenvalue weighted by Crippen LogP contribution is 2.14. The maximum atomic E-state index is 12.5. The van der Waals surface area contributed by atoms with E-state index in [9.17, 15) is 9.59 Å². The molecule has 0 unspecified atom stereocenters. The molecule has 0 fully saturated rings. The molecule has 2 aromatic heterocycles. The van der Waals surface area contributed by atoms with Crippen molar-refractivity contribution in [3.63, 3.8) is 0 Å². The van der Waals surface area contributed by atoms with Gasteiger partial charge in [0.25, 0.3) is 11.8 Å². The Balaban J connectivity index is 1.74. The van der Waals surface area contributed by atoms with Gasteiger partial charge >= 0.3 is 0 Å². The average molecular weight is 444 g/mol. The van der Waals surface area contributed by atoms with Gasteiger partial charge in [-0.3, -0.25) is 9.59 Å². The second kappa shape index (κ2) is 9.11. The number of nitrogens with zero attached hydrogens (tertiary/aromatic N) is 1. The van der Waals surface area contributed by atoms with Crippen LogP contribution in [0.4, 0.5) is 0 Å². The number of carbonyl (C=O) groups is 2. The Hall–Kier alpha value is -2.97. The fourth-order valence-electron chi connectivity index (χ4n) is 2.07. The molecule has 2 amide bonds. The second-order valence-electron chi connectivity index (χ2n) is 5.28. The third-order valence-electron chi connectivity index (χ3n) is 3.33. The topological polar surface area (TPSA) is 83.7 Å². The van der Waals surface area contributed by atoms with Crippen molar-refractivity contribution >= 4 is 51.4 Å². The SMILES string of the molecule is O=C(N/N=C\c1coc(Br)c1)/C(=C\c1cccs1)NC(=O)c1ccccc1. The molecule has 136 valence electrons. The lowest BCUT2D eigenvalue weighted by molar-refractivity contribution is -0.117. The average Bonchev–Trinajstić information content (AvgIpc) is 3.33. The van der Waals surface area contributed by atoms with Gasteiger partial charge in [-0.15, -0.1) is 11.3 Å². The van der Waals surface area contributed by atoms with E-state index in [0.717, 1.165) is 4.88 Å². The Bertz CT molecular complexity index is 979. The Morgan fingerprint density at radius 2 is 1.96 bits per heavy atom. The van der Waals surface area contributed by atoms with Crippen molar-refractivity contribution < 1.29 is 14.0 Å². The van der Waals surface area contributed by atoms with Crippen molar-refractivity contribution in [2.45, 2.75) is 0 Å². The first kappa shape index (κ1) is 18.8. The van der Waals surface area contributed by atoms with Crippen LogP contribution < -0.4 is 10.7 Å². The molecule has 0 aliphatic rings. The molecule has 2 N–H and O–H groups in total. The van der Waals surface area contributed by atoms with Gasteiger partial charge in [0, 0.05) is 16.0 Å². The predicted octanol–water partition coefficient (Wildman–Crippen LogP) is 4.02. The third-order valence-corrected chi connectivity index (χ3v) is 4.56. The number of nitrogens with one attached hydrogen (secondary N) is 2. The molecule has 0 spiro atoms. The van der Waals surface area contributed by atoms with E-state index in [0.29, 0.717) is 15.8 Å². The van der Waals surface area contributed by atoms with E-state index in [4.69, 9.17) is 4.42 Å². The normalized spacial score (nSPS) is 11.5. The van der Waals surface area contributed by atoms with Gasteiger partial charge in [0.15, 0.2) is 4.67 Å². The van der Waals surface area contributed by atoms with Crippen LogP contribution in [-0.4, -0.2) is 18.0 Å². The number of thiophene rings is 1. The van der Waals surface area contributed by atoms with Gasteiger partial charge in [0.1, 0.15) is 12.0 Å². The van der Waals surface area contributed by atoms with Gasteiger partial charge in [-0.2, -0.15) is 5.10 Å². The first-order valence-corrected chi connectivity index (χ1v) is 9.48. The van der Waals surface area contributed by atoms with Crippen LogP contribution in [0.2, 0.25) is 0 Å². The molecule has 1 aromatic carbocycles. The largest absolute Gasteiger partial charge is 0.457 e. The molecule has 8 heteroatoms. The van der Waals surface area contributed by atoms with Crippen LogP contribution in [0.3, 0.4) is 0 Å². The zero-order valence-corrected chi connectivity index (χ0v) is 16.3. The van der Waals surface area contributed by atoms with E-state index >= 15 is 0 Å². The van der Waals surface area contributed by atoms with Gasteiger partial charge in [0.2, 0.25) is 0 Å². The zero-order valence-electron chi connectivity index (χ0n) is 13.9. The lowest BCUT2D eigenvalue weighted by Gasteiger charge is -2.08. The van der Waals surface area contributed by atoms with Gasteiger partial charge in [-0.1, -0.05) is 24.3 Å². The van der Waals surface area contributed by atoms with E-state index in [1.54, 1.807) is 36.4 Å². The minimum absolute atomic E-state index is 0.0943. The maximum absolute atomic E-state index is 12.5. The number of carbonyl (C=O) groups excluding carboxylic acids is 2. The number of hydrogen-bond acceptors (Lipinski definition) is 5. The molecule has 0 aliphatic carbocycles. The maximum Gasteiger partial charge on any atom is 0.287 e. The van der Waals surface area contributed by atoms with E-state index < -0.39 is 5.91 Å². The van der Waals surface area contributed by atoms with E-state index in [1.165, 1.54) is 23.8 Å². The Morgan fingerprint density at radius 3 is 2.63 bits per heavy atom. The van der Waals surface area contributed by atoms with Crippen LogP contribution >= 0.6 is 27.3 Å². The van der Waals surface area contributed by atoms with Gasteiger partial charge in [-0.05, 0) is 51.7 Å². The first-order chi connectivity index (χ1) is 13.1. The molecule has 0 atom stereocenters. The summed E-state index contributed by atoms with van der Waals surface area (Å²) in [6.45, 7) is 0. The number of halogens is 1. The Kier molecular flexibility index (Phi) is 6.35. The molecule has 0 bridgehead atoms. The Labute approximate surface area is 167 Å². The lowest BCUT2D eigenvalue weighted by Crippen LogP contribution is -2.32. The van der Waals surface area contributed by atoms with Crippen LogP contribution in [-0.2, 0) is 4.79 Å². The summed E-state index contributed by atoms with van der Waals surface area (Å²) in [6, 6.07) is 14.1. The van der Waals surface area contributed by atoms with Gasteiger partial charge < -0.3 is 9.73 Å². The summed E-state index contributed by atoms with van der Waals surface area (Å²) in [6.07, 6.45) is 4.53. The molecule has 0 radical (unpaired) electrons. The summed E-state index contributed by atoms with van der Waals surface area (Å²) in [4.78, 5) is 25.7. The zero-order chi connectivity index (χ0) is 19.1. The molecule has 3 aromatic rings. The second-order valence-corrected chi connectivity index (χ2v) is 7.04. The fraction of sp³-hybridized carbons (Fsp3) is 0. The lowest BCUT2D eigenvalue weighted by atomic mass is 10.2. The van der Waals surface area contributed by atoms with Crippen molar-refractivity contribution in [3.8, 4) is 0 Å². The quantitative estimate of drug-likeness (QED) is 0.342. The molecule has 27 heavy (non-hydrogen) atoms. The van der Waals surface area contributed by atoms with Gasteiger partial charge in [-0.25, -0.2) is 5.43 Å². The number of hydrogen-bond donors (Lipinski definition) is 2. The smallest absolute Gasteiger partial charge is 0.287 e. The minimum Gasteiger partial charge on any atom is -0.457 e. The number of hydrazone groups is 1. The molecular weight excluding hydrogens is 430 g/mol. The van der Waals surface area contributed by atoms with E-state index in [2.05, 4.69) is 31.8 Å². The van der Waals surface area contributed by atoms with E-state index in [1.807, 2.05) is 23.6 Å². The standard InChI is InChI=1S/C19H14BrN3O3S/c20-17-9-13(12-26-17)11-21-23-19(25)16(10-15-7-4-8-27-15)22-18(24)14-5-2-1-3-6-14/h1-12H,(H,22,24)(H,23,25)/b16-10+,21-11-.